The van der Waals surface area contributed by atoms with Crippen LogP contribution in [0, 0.1) is 0 Å². The number of benzene rings is 17. The first-order chi connectivity index (χ1) is 42.7. The summed E-state index contributed by atoms with van der Waals surface area (Å²) in [6, 6.07) is 124. The molecule has 400 valence electrons. The summed E-state index contributed by atoms with van der Waals surface area (Å²) < 4.78 is 0. The molecule has 0 aromatic heterocycles. The van der Waals surface area contributed by atoms with E-state index in [1.165, 1.54) is 164 Å². The average Bonchev–Trinajstić information content (AvgIpc) is 1.41. The Morgan fingerprint density at radius 1 is 0.116 bits per heavy atom. The smallest absolute Gasteiger partial charge is 0.00201 e. The molecule has 0 aliphatic carbocycles. The minimum atomic E-state index is 1.23. The zero-order valence-electron chi connectivity index (χ0n) is 47.3. The van der Waals surface area contributed by atoms with Gasteiger partial charge >= 0.3 is 0 Å². The summed E-state index contributed by atoms with van der Waals surface area (Å²) in [7, 11) is 0. The maximum absolute atomic E-state index is 2.37. The summed E-state index contributed by atoms with van der Waals surface area (Å²) in [6.07, 6.45) is 0. The third-order valence-corrected chi connectivity index (χ3v) is 17.7. The molecule has 0 N–H and O–H groups in total. The molecule has 0 aliphatic rings. The van der Waals surface area contributed by atoms with E-state index in [1.54, 1.807) is 0 Å². The SMILES string of the molecule is c1ccc(-c2ccc3cc(-c4c5ccccc5c(-c5cccc6ccc(-c7ccccc7)cc56)c5ccccc45)ccc3c2)cc1.c1ccc(-c2ccc3cccc(-c4c5ccccc5c(-c5cccc6ccccc56)c5ccccc45)c3c2)cc1. The molecule has 0 heteroatoms. The number of rotatable bonds is 7. The maximum atomic E-state index is 2.37. The van der Waals surface area contributed by atoms with Crippen molar-refractivity contribution in [2.45, 2.75) is 0 Å². The summed E-state index contributed by atoms with van der Waals surface area (Å²) in [5.74, 6) is 0. The average molecular weight is 1090 g/mol. The first-order valence-electron chi connectivity index (χ1n) is 29.8. The standard InChI is InChI=1S/C46H30.C40H26/c1-3-12-31(13-4-1)34-24-25-36-29-38(27-26-35(36)28-34)45-39-17-7-9-19-41(39)46(42-20-10-8-18-40(42)45)43-21-11-16-33-22-23-37(30-44(33)43)32-14-5-2-6-15-32;1-2-12-27(13-3-1)30-25-24-29-16-11-23-37(38(29)26-30)40-35-20-8-6-18-33(35)39(34-19-7-9-21-36(34)40)32-22-10-15-28-14-4-5-17-31(28)32/h1-30H;1-26H. The highest BCUT2D eigenvalue weighted by molar-refractivity contribution is 6.26. The van der Waals surface area contributed by atoms with E-state index in [9.17, 15) is 0 Å². The van der Waals surface area contributed by atoms with Gasteiger partial charge in [0, 0.05) is 0 Å². The Kier molecular flexibility index (Phi) is 12.7. The molecule has 86 heavy (non-hydrogen) atoms. The van der Waals surface area contributed by atoms with E-state index in [4.69, 9.17) is 0 Å². The van der Waals surface area contributed by atoms with Gasteiger partial charge in [-0.25, -0.2) is 0 Å². The van der Waals surface area contributed by atoms with Crippen LogP contribution in [0.5, 0.6) is 0 Å². The third kappa shape index (κ3) is 8.87. The van der Waals surface area contributed by atoms with Crippen LogP contribution in [0.15, 0.2) is 340 Å². The first-order valence-corrected chi connectivity index (χ1v) is 29.8. The van der Waals surface area contributed by atoms with Crippen molar-refractivity contribution in [2.24, 2.45) is 0 Å². The molecule has 0 nitrogen and oxygen atoms in total. The van der Waals surface area contributed by atoms with Gasteiger partial charge in [0.15, 0.2) is 0 Å². The van der Waals surface area contributed by atoms with E-state index in [1.807, 2.05) is 0 Å². The van der Waals surface area contributed by atoms with E-state index in [2.05, 4.69) is 340 Å². The van der Waals surface area contributed by atoms with Crippen LogP contribution in [-0.4, -0.2) is 0 Å². The maximum Gasteiger partial charge on any atom is -0.00201 e. The lowest BCUT2D eigenvalue weighted by Crippen LogP contribution is -1.92. The van der Waals surface area contributed by atoms with E-state index in [0.717, 1.165) is 0 Å². The van der Waals surface area contributed by atoms with Crippen LogP contribution in [0.4, 0.5) is 0 Å². The monoisotopic (exact) mass is 1090 g/mol. The molecule has 0 atom stereocenters. The van der Waals surface area contributed by atoms with Crippen LogP contribution >= 0.6 is 0 Å². The van der Waals surface area contributed by atoms with Gasteiger partial charge in [-0.15, -0.1) is 0 Å². The van der Waals surface area contributed by atoms with Crippen molar-refractivity contribution in [3.05, 3.63) is 340 Å². The molecule has 0 bridgehead atoms. The number of hydrogen-bond donors (Lipinski definition) is 0. The molecular formula is C86H56. The van der Waals surface area contributed by atoms with Crippen LogP contribution < -0.4 is 0 Å². The predicted molar refractivity (Wildman–Crippen MR) is 371 cm³/mol. The normalized spacial score (nSPS) is 11.5. The lowest BCUT2D eigenvalue weighted by molar-refractivity contribution is 1.64. The van der Waals surface area contributed by atoms with Gasteiger partial charge in [-0.3, -0.25) is 0 Å². The summed E-state index contributed by atoms with van der Waals surface area (Å²) in [5.41, 5.74) is 17.7. The van der Waals surface area contributed by atoms with Crippen LogP contribution in [-0.2, 0) is 0 Å². The first kappa shape index (κ1) is 50.5. The fraction of sp³-hybridized carbons (Fsp3) is 0. The molecule has 0 unspecified atom stereocenters. The molecule has 0 amide bonds. The largest absolute Gasteiger partial charge is 0.0622 e. The zero-order chi connectivity index (χ0) is 56.9. The number of fused-ring (bicyclic) bond motifs is 8. The Morgan fingerprint density at radius 2 is 0.372 bits per heavy atom. The Labute approximate surface area is 500 Å². The minimum absolute atomic E-state index is 1.23. The quantitative estimate of drug-likeness (QED) is 0.140. The predicted octanol–water partition coefficient (Wildman–Crippen LogP) is 24.3. The molecule has 0 radical (unpaired) electrons. The van der Waals surface area contributed by atoms with Crippen molar-refractivity contribution in [3.8, 4) is 77.9 Å². The van der Waals surface area contributed by atoms with Gasteiger partial charge in [0.25, 0.3) is 0 Å². The van der Waals surface area contributed by atoms with E-state index < -0.39 is 0 Å². The Balaban J connectivity index is 0.000000141. The van der Waals surface area contributed by atoms with Gasteiger partial charge in [0.1, 0.15) is 0 Å². The van der Waals surface area contributed by atoms with Crippen molar-refractivity contribution in [3.63, 3.8) is 0 Å². The molecule has 17 aromatic carbocycles. The highest BCUT2D eigenvalue weighted by Crippen LogP contribution is 2.49. The fourth-order valence-corrected chi connectivity index (χ4v) is 13.7. The van der Waals surface area contributed by atoms with E-state index >= 15 is 0 Å². The molecule has 0 fully saturated rings. The second kappa shape index (κ2) is 21.5. The number of hydrogen-bond acceptors (Lipinski definition) is 0. The zero-order valence-corrected chi connectivity index (χ0v) is 47.3. The molecule has 17 rings (SSSR count). The molecule has 0 saturated heterocycles. The lowest BCUT2D eigenvalue weighted by atomic mass is 9.83. The van der Waals surface area contributed by atoms with Crippen molar-refractivity contribution < 1.29 is 0 Å². The van der Waals surface area contributed by atoms with Crippen LogP contribution in [0.25, 0.3) is 164 Å². The molecule has 0 heterocycles. The summed E-state index contributed by atoms with van der Waals surface area (Å²) in [4.78, 5) is 0. The van der Waals surface area contributed by atoms with Crippen molar-refractivity contribution >= 4 is 86.2 Å². The highest BCUT2D eigenvalue weighted by Gasteiger charge is 2.21. The second-order valence-electron chi connectivity index (χ2n) is 22.6. The van der Waals surface area contributed by atoms with Crippen LogP contribution in [0.1, 0.15) is 0 Å². The van der Waals surface area contributed by atoms with Crippen molar-refractivity contribution in [1.82, 2.24) is 0 Å². The van der Waals surface area contributed by atoms with Gasteiger partial charge in [0.2, 0.25) is 0 Å². The molecule has 0 aliphatic heterocycles. The van der Waals surface area contributed by atoms with E-state index in [0.29, 0.717) is 0 Å². The van der Waals surface area contributed by atoms with Crippen molar-refractivity contribution in [1.29, 1.82) is 0 Å². The molecular weight excluding hydrogens is 1030 g/mol. The van der Waals surface area contributed by atoms with Crippen LogP contribution in [0.2, 0.25) is 0 Å². The Bertz CT molecular complexity index is 5330. The molecule has 17 aromatic rings. The second-order valence-corrected chi connectivity index (χ2v) is 22.6. The highest BCUT2D eigenvalue weighted by atomic mass is 14.2. The third-order valence-electron chi connectivity index (χ3n) is 17.7. The Hall–Kier alpha value is -11.2. The summed E-state index contributed by atoms with van der Waals surface area (Å²) in [6.45, 7) is 0. The summed E-state index contributed by atoms with van der Waals surface area (Å²) >= 11 is 0. The van der Waals surface area contributed by atoms with Gasteiger partial charge in [-0.1, -0.05) is 315 Å². The van der Waals surface area contributed by atoms with Gasteiger partial charge in [-0.2, -0.15) is 0 Å². The topological polar surface area (TPSA) is 0 Å². The van der Waals surface area contributed by atoms with Crippen molar-refractivity contribution in [2.75, 3.05) is 0 Å². The van der Waals surface area contributed by atoms with E-state index in [-0.39, 0.29) is 0 Å². The van der Waals surface area contributed by atoms with Gasteiger partial charge in [-0.05, 0) is 188 Å². The summed E-state index contributed by atoms with van der Waals surface area (Å²) in [5, 5.41) is 20.3. The minimum Gasteiger partial charge on any atom is -0.0622 e. The molecule has 0 saturated carbocycles. The Morgan fingerprint density at radius 3 is 0.756 bits per heavy atom. The fourth-order valence-electron chi connectivity index (χ4n) is 13.7. The van der Waals surface area contributed by atoms with Gasteiger partial charge in [0.05, 0.1) is 0 Å². The lowest BCUT2D eigenvalue weighted by Gasteiger charge is -2.20. The van der Waals surface area contributed by atoms with Crippen LogP contribution in [0.3, 0.4) is 0 Å². The van der Waals surface area contributed by atoms with Gasteiger partial charge < -0.3 is 0 Å². The molecule has 0 spiro atoms.